The molecule has 0 bridgehead atoms. The van der Waals surface area contributed by atoms with Gasteiger partial charge >= 0.3 is 129 Å². The van der Waals surface area contributed by atoms with E-state index in [0.29, 0.717) is 0 Å². The summed E-state index contributed by atoms with van der Waals surface area (Å²) in [5.41, 5.74) is 0. The Hall–Kier alpha value is -0.700. The van der Waals surface area contributed by atoms with Crippen LogP contribution in [-0.4, -0.2) is 144 Å². The van der Waals surface area contributed by atoms with Crippen molar-refractivity contribution in [2.75, 3.05) is 0 Å². The molecule has 0 aromatic heterocycles. The number of carbonyl (C=O) groups is 2. The Kier molecular flexibility index (Phi) is 17.1. The summed E-state index contributed by atoms with van der Waals surface area (Å²) in [6.07, 6.45) is -16.4. The van der Waals surface area contributed by atoms with Crippen LogP contribution in [0.5, 0.6) is 0 Å². The molecule has 236 valence electrons. The Morgan fingerprint density at radius 3 is 0.976 bits per heavy atom. The first kappa shape index (κ1) is 47.2. The topological polar surface area (TPSA) is 121 Å². The maximum atomic E-state index is 12.8. The van der Waals surface area contributed by atoms with Crippen molar-refractivity contribution in [1.29, 1.82) is 0 Å². The first-order chi connectivity index (χ1) is 16.7. The molecule has 0 heterocycles. The molecule has 0 radical (unpaired) electrons. The fourth-order valence-electron chi connectivity index (χ4n) is 1.73. The fourth-order valence-corrected chi connectivity index (χ4v) is 2.13. The van der Waals surface area contributed by atoms with Gasteiger partial charge in [-0.2, -0.15) is 91.8 Å². The average molecular weight is 695 g/mol. The van der Waals surface area contributed by atoms with Crippen molar-refractivity contribution in [2.24, 2.45) is 4.36 Å². The second kappa shape index (κ2) is 14.9. The van der Waals surface area contributed by atoms with Crippen LogP contribution >= 0.6 is 0 Å². The Bertz CT molecular complexity index is 987. The number of alkyl halides is 18. The van der Waals surface area contributed by atoms with Crippen molar-refractivity contribution in [3.8, 4) is 0 Å². The first-order valence-corrected chi connectivity index (χ1v) is 9.36. The molecule has 7 nitrogen and oxygen atoms in total. The predicted octanol–water partition coefficient (Wildman–Crippen LogP) is 3.99. The molecule has 0 aromatic rings. The molecule has 0 fully saturated rings. The molecule has 0 amide bonds. The molecule has 1 unspecified atom stereocenters. The van der Waals surface area contributed by atoms with Crippen LogP contribution in [0.15, 0.2) is 4.36 Å². The molecular formula is C13H9F18NNa2O6S. The van der Waals surface area contributed by atoms with E-state index >= 15 is 0 Å². The van der Waals surface area contributed by atoms with E-state index in [1.807, 2.05) is 0 Å². The Morgan fingerprint density at radius 1 is 0.561 bits per heavy atom. The van der Waals surface area contributed by atoms with Crippen LogP contribution in [0, 0.1) is 0 Å². The molecule has 0 rings (SSSR count). The fraction of sp³-hybridized carbons (Fsp3) is 0.846. The number of carboxylic acid groups (broad SMARTS) is 2. The predicted molar refractivity (Wildman–Crippen MR) is 95.7 cm³/mol. The summed E-state index contributed by atoms with van der Waals surface area (Å²) in [4.78, 5) is 20.3. The van der Waals surface area contributed by atoms with Crippen LogP contribution in [0.3, 0.4) is 0 Å². The molecular weight excluding hydrogens is 686 g/mol. The summed E-state index contributed by atoms with van der Waals surface area (Å²) in [5.74, 6) is -53.7. The standard InChI is InChI=1S/C8F18.C5H7NO6S.2Na.2H/c9-1(10,3(13,14)5(17,18)7(21,22)23)2(11,12)4(15,16)6(19,20)8(24,25)26;7-4(8)2-1-3(5(9)10)6-13(11)12;;;;/h;3H,1-2H2,(H,7,8)(H,9,10);;;;. The van der Waals surface area contributed by atoms with E-state index in [0.717, 1.165) is 0 Å². The number of carboxylic acids is 2. The van der Waals surface area contributed by atoms with E-state index in [1.165, 1.54) is 0 Å². The van der Waals surface area contributed by atoms with Gasteiger partial charge in [-0.15, -0.1) is 0 Å². The van der Waals surface area contributed by atoms with E-state index in [1.54, 1.807) is 0 Å². The van der Waals surface area contributed by atoms with Crippen LogP contribution in [0.25, 0.3) is 0 Å². The van der Waals surface area contributed by atoms with Crippen LogP contribution in [-0.2, 0) is 20.1 Å². The molecule has 41 heavy (non-hydrogen) atoms. The summed E-state index contributed by atoms with van der Waals surface area (Å²) in [6, 6.07) is -1.51. The SMILES string of the molecule is FC(F)(F)C(F)(F)C(F)(F)C(F)(F)C(F)(F)C(F)(F)C(F)(F)C(F)(F)F.O=C(O)CCC(N=S(=O)=O)C(=O)O.[NaH].[NaH]. The first-order valence-electron chi connectivity index (χ1n) is 8.33. The van der Waals surface area contributed by atoms with Gasteiger partial charge in [0.1, 0.15) is 0 Å². The maximum absolute atomic E-state index is 12.8. The van der Waals surface area contributed by atoms with Gasteiger partial charge in [-0.25, -0.2) is 4.79 Å². The van der Waals surface area contributed by atoms with E-state index in [9.17, 15) is 97.0 Å². The monoisotopic (exact) mass is 695 g/mol. The van der Waals surface area contributed by atoms with E-state index in [4.69, 9.17) is 10.2 Å². The summed E-state index contributed by atoms with van der Waals surface area (Å²) in [5, 5.41) is 16.6. The van der Waals surface area contributed by atoms with Crippen molar-refractivity contribution in [3.63, 3.8) is 0 Å². The van der Waals surface area contributed by atoms with Crippen LogP contribution < -0.4 is 0 Å². The molecule has 0 aliphatic heterocycles. The second-order valence-electron chi connectivity index (χ2n) is 6.55. The molecule has 2 N–H and O–H groups in total. The molecule has 28 heteroatoms. The number of halogens is 18. The molecule has 0 aromatic carbocycles. The quantitative estimate of drug-likeness (QED) is 0.264. The number of hydrogen-bond acceptors (Lipinski definition) is 5. The second-order valence-corrected chi connectivity index (χ2v) is 7.20. The normalized spacial score (nSPS) is 14.4. The third-order valence-electron chi connectivity index (χ3n) is 3.81. The van der Waals surface area contributed by atoms with Gasteiger partial charge in [0.2, 0.25) is 0 Å². The van der Waals surface area contributed by atoms with Gasteiger partial charge in [-0.1, -0.05) is 0 Å². The van der Waals surface area contributed by atoms with Gasteiger partial charge in [0.25, 0.3) is 0 Å². The van der Waals surface area contributed by atoms with Crippen molar-refractivity contribution in [2.45, 2.75) is 66.8 Å². The number of rotatable bonds is 10. The minimum atomic E-state index is -8.72. The zero-order chi connectivity index (χ0) is 32.4. The van der Waals surface area contributed by atoms with Crippen molar-refractivity contribution in [3.05, 3.63) is 0 Å². The Balaban J connectivity index is -0.000000388. The molecule has 0 aliphatic carbocycles. The summed E-state index contributed by atoms with van der Waals surface area (Å²) in [7, 11) is -2.83. The van der Waals surface area contributed by atoms with Crippen LogP contribution in [0.2, 0.25) is 0 Å². The van der Waals surface area contributed by atoms with Crippen molar-refractivity contribution in [1.82, 2.24) is 0 Å². The number of nitrogens with zero attached hydrogens (tertiary/aromatic N) is 1. The van der Waals surface area contributed by atoms with Crippen LogP contribution in [0.4, 0.5) is 79.0 Å². The average Bonchev–Trinajstić information content (AvgIpc) is 2.68. The van der Waals surface area contributed by atoms with Crippen LogP contribution in [0.1, 0.15) is 12.8 Å². The molecule has 0 saturated carbocycles. The van der Waals surface area contributed by atoms with Crippen molar-refractivity contribution < 1.29 is 107 Å². The Morgan fingerprint density at radius 2 is 0.805 bits per heavy atom. The van der Waals surface area contributed by atoms with E-state index < -0.39 is 82.8 Å². The van der Waals surface area contributed by atoms with Gasteiger partial charge < -0.3 is 10.2 Å². The zero-order valence-electron chi connectivity index (χ0n) is 17.2. The number of aliphatic carboxylic acids is 2. The molecule has 0 aliphatic rings. The minimum absolute atomic E-state index is 0. The van der Waals surface area contributed by atoms with Gasteiger partial charge in [-0.3, -0.25) is 4.79 Å². The van der Waals surface area contributed by atoms with E-state index in [-0.39, 0.29) is 65.5 Å². The van der Waals surface area contributed by atoms with Gasteiger partial charge in [0.05, 0.1) is 0 Å². The van der Waals surface area contributed by atoms with Gasteiger partial charge in [0, 0.05) is 6.42 Å². The summed E-state index contributed by atoms with van der Waals surface area (Å²) in [6.45, 7) is 0. The van der Waals surface area contributed by atoms with Gasteiger partial charge in [-0.05, 0) is 6.42 Å². The third-order valence-corrected chi connectivity index (χ3v) is 4.24. The van der Waals surface area contributed by atoms with E-state index in [2.05, 4.69) is 4.36 Å². The zero-order valence-corrected chi connectivity index (χ0v) is 18.0. The van der Waals surface area contributed by atoms with Gasteiger partial charge in [0.15, 0.2) is 6.04 Å². The molecule has 1 atom stereocenters. The van der Waals surface area contributed by atoms with Crippen molar-refractivity contribution >= 4 is 81.6 Å². The summed E-state index contributed by atoms with van der Waals surface area (Å²) < 4.78 is 243. The Labute approximate surface area is 258 Å². The number of hydrogen-bond donors (Lipinski definition) is 2. The molecule has 0 saturated heterocycles. The summed E-state index contributed by atoms with van der Waals surface area (Å²) >= 11 is 0. The third kappa shape index (κ3) is 9.64. The molecule has 0 spiro atoms.